The smallest absolute Gasteiger partial charge is 0.0936 e. The van der Waals surface area contributed by atoms with Gasteiger partial charge in [0.05, 0.1) is 18.8 Å². The van der Waals surface area contributed by atoms with Gasteiger partial charge < -0.3 is 15.2 Å². The average molecular weight is 242 g/mol. The van der Waals surface area contributed by atoms with Crippen molar-refractivity contribution < 1.29 is 9.84 Å². The molecule has 0 amide bonds. The van der Waals surface area contributed by atoms with E-state index in [1.807, 2.05) is 0 Å². The maximum atomic E-state index is 9.22. The molecule has 1 aliphatic heterocycles. The van der Waals surface area contributed by atoms with Gasteiger partial charge in [0.15, 0.2) is 0 Å². The number of hydrogen-bond acceptors (Lipinski definition) is 4. The van der Waals surface area contributed by atoms with Crippen LogP contribution in [0.1, 0.15) is 26.2 Å². The fourth-order valence-corrected chi connectivity index (χ4v) is 3.36. The molecule has 0 bridgehead atoms. The minimum absolute atomic E-state index is 0.00758. The molecule has 4 heteroatoms. The SMILES string of the molecule is CNC1CCCC1CN1CC(C)OC(CO)C1. The normalized spacial score (nSPS) is 39.7. The quantitative estimate of drug-likeness (QED) is 0.751. The number of hydrogen-bond donors (Lipinski definition) is 2. The fourth-order valence-electron chi connectivity index (χ4n) is 3.36. The Morgan fingerprint density at radius 3 is 2.88 bits per heavy atom. The first-order valence-corrected chi connectivity index (χ1v) is 6.89. The number of morpholine rings is 1. The van der Waals surface area contributed by atoms with Crippen LogP contribution in [0, 0.1) is 5.92 Å². The van der Waals surface area contributed by atoms with Crippen LogP contribution in [-0.2, 0) is 4.74 Å². The van der Waals surface area contributed by atoms with Gasteiger partial charge in [0.25, 0.3) is 0 Å². The maximum Gasteiger partial charge on any atom is 0.0936 e. The molecule has 1 saturated heterocycles. The van der Waals surface area contributed by atoms with E-state index in [0.717, 1.165) is 25.6 Å². The Balaban J connectivity index is 1.85. The number of aliphatic hydroxyl groups is 1. The van der Waals surface area contributed by atoms with Crippen LogP contribution in [0.15, 0.2) is 0 Å². The molecule has 1 heterocycles. The van der Waals surface area contributed by atoms with Gasteiger partial charge in [-0.1, -0.05) is 6.42 Å². The first kappa shape index (κ1) is 13.3. The van der Waals surface area contributed by atoms with E-state index >= 15 is 0 Å². The lowest BCUT2D eigenvalue weighted by molar-refractivity contribution is -0.0981. The Morgan fingerprint density at radius 2 is 2.18 bits per heavy atom. The second-order valence-corrected chi connectivity index (χ2v) is 5.56. The molecule has 1 aliphatic carbocycles. The average Bonchev–Trinajstić information content (AvgIpc) is 2.75. The lowest BCUT2D eigenvalue weighted by Gasteiger charge is -2.38. The molecule has 0 aromatic carbocycles. The molecular weight excluding hydrogens is 216 g/mol. The summed E-state index contributed by atoms with van der Waals surface area (Å²) >= 11 is 0. The summed E-state index contributed by atoms with van der Waals surface area (Å²) in [6.07, 6.45) is 4.24. The molecular formula is C13H26N2O2. The van der Waals surface area contributed by atoms with Crippen molar-refractivity contribution in [3.63, 3.8) is 0 Å². The second-order valence-electron chi connectivity index (χ2n) is 5.56. The molecule has 17 heavy (non-hydrogen) atoms. The van der Waals surface area contributed by atoms with Gasteiger partial charge in [-0.15, -0.1) is 0 Å². The molecule has 0 radical (unpaired) electrons. The Morgan fingerprint density at radius 1 is 1.35 bits per heavy atom. The van der Waals surface area contributed by atoms with Crippen LogP contribution in [0.5, 0.6) is 0 Å². The van der Waals surface area contributed by atoms with Crippen molar-refractivity contribution in [2.75, 3.05) is 33.3 Å². The Bertz CT molecular complexity index is 237. The van der Waals surface area contributed by atoms with Crippen LogP contribution in [0.2, 0.25) is 0 Å². The molecule has 2 N–H and O–H groups in total. The van der Waals surface area contributed by atoms with Crippen molar-refractivity contribution in [3.8, 4) is 0 Å². The van der Waals surface area contributed by atoms with E-state index in [4.69, 9.17) is 4.74 Å². The molecule has 0 spiro atoms. The van der Waals surface area contributed by atoms with Gasteiger partial charge in [-0.3, -0.25) is 4.90 Å². The third-order valence-corrected chi connectivity index (χ3v) is 4.13. The topological polar surface area (TPSA) is 44.7 Å². The van der Waals surface area contributed by atoms with Crippen molar-refractivity contribution in [2.45, 2.75) is 44.4 Å². The predicted octanol–water partition coefficient (Wildman–Crippen LogP) is 0.456. The number of nitrogens with zero attached hydrogens (tertiary/aromatic N) is 1. The highest BCUT2D eigenvalue weighted by atomic mass is 16.5. The molecule has 2 aliphatic rings. The van der Waals surface area contributed by atoms with Gasteiger partial charge in [0.1, 0.15) is 0 Å². The van der Waals surface area contributed by atoms with E-state index in [1.54, 1.807) is 0 Å². The summed E-state index contributed by atoms with van der Waals surface area (Å²) in [4.78, 5) is 2.47. The van der Waals surface area contributed by atoms with Crippen molar-refractivity contribution in [2.24, 2.45) is 5.92 Å². The van der Waals surface area contributed by atoms with E-state index in [-0.39, 0.29) is 18.8 Å². The summed E-state index contributed by atoms with van der Waals surface area (Å²) in [5, 5.41) is 12.7. The predicted molar refractivity (Wildman–Crippen MR) is 68.0 cm³/mol. The highest BCUT2D eigenvalue weighted by molar-refractivity contribution is 4.86. The number of ether oxygens (including phenoxy) is 1. The van der Waals surface area contributed by atoms with Crippen molar-refractivity contribution >= 4 is 0 Å². The van der Waals surface area contributed by atoms with E-state index in [1.165, 1.54) is 19.3 Å². The number of rotatable bonds is 4. The van der Waals surface area contributed by atoms with Crippen LogP contribution in [-0.4, -0.2) is 61.5 Å². The molecule has 0 aromatic rings. The standard InChI is InChI=1S/C13H26N2O2/c1-10-6-15(8-12(9-16)17-10)7-11-4-3-5-13(11)14-2/h10-14,16H,3-9H2,1-2H3. The van der Waals surface area contributed by atoms with E-state index in [2.05, 4.69) is 24.2 Å². The molecule has 1 saturated carbocycles. The van der Waals surface area contributed by atoms with Crippen LogP contribution >= 0.6 is 0 Å². The third kappa shape index (κ3) is 3.41. The number of aliphatic hydroxyl groups excluding tert-OH is 1. The van der Waals surface area contributed by atoms with Gasteiger partial charge in [0.2, 0.25) is 0 Å². The Labute approximate surface area is 104 Å². The summed E-state index contributed by atoms with van der Waals surface area (Å²) in [7, 11) is 2.07. The van der Waals surface area contributed by atoms with Gasteiger partial charge in [-0.05, 0) is 32.7 Å². The molecule has 0 aromatic heterocycles. The fraction of sp³-hybridized carbons (Fsp3) is 1.00. The first-order valence-electron chi connectivity index (χ1n) is 6.89. The maximum absolute atomic E-state index is 9.22. The van der Waals surface area contributed by atoms with Gasteiger partial charge in [0, 0.05) is 25.7 Å². The van der Waals surface area contributed by atoms with Crippen molar-refractivity contribution in [1.82, 2.24) is 10.2 Å². The third-order valence-electron chi connectivity index (χ3n) is 4.13. The molecule has 4 atom stereocenters. The zero-order chi connectivity index (χ0) is 12.3. The minimum Gasteiger partial charge on any atom is -0.394 e. The van der Waals surface area contributed by atoms with E-state index in [0.29, 0.717) is 6.04 Å². The second kappa shape index (κ2) is 6.14. The first-order chi connectivity index (χ1) is 8.22. The highest BCUT2D eigenvalue weighted by Crippen LogP contribution is 2.27. The molecule has 2 fully saturated rings. The summed E-state index contributed by atoms with van der Waals surface area (Å²) in [5.41, 5.74) is 0. The summed E-state index contributed by atoms with van der Waals surface area (Å²) in [5.74, 6) is 0.768. The summed E-state index contributed by atoms with van der Waals surface area (Å²) in [6.45, 7) is 5.27. The summed E-state index contributed by atoms with van der Waals surface area (Å²) < 4.78 is 5.68. The number of nitrogens with one attached hydrogen (secondary N) is 1. The largest absolute Gasteiger partial charge is 0.394 e. The zero-order valence-corrected chi connectivity index (χ0v) is 11.1. The van der Waals surface area contributed by atoms with Gasteiger partial charge >= 0.3 is 0 Å². The van der Waals surface area contributed by atoms with Crippen molar-refractivity contribution in [3.05, 3.63) is 0 Å². The van der Waals surface area contributed by atoms with E-state index < -0.39 is 0 Å². The van der Waals surface area contributed by atoms with Gasteiger partial charge in [-0.25, -0.2) is 0 Å². The molecule has 4 nitrogen and oxygen atoms in total. The minimum atomic E-state index is 0.00758. The van der Waals surface area contributed by atoms with E-state index in [9.17, 15) is 5.11 Å². The van der Waals surface area contributed by atoms with Crippen LogP contribution in [0.25, 0.3) is 0 Å². The van der Waals surface area contributed by atoms with Crippen LogP contribution < -0.4 is 5.32 Å². The molecule has 100 valence electrons. The zero-order valence-electron chi connectivity index (χ0n) is 11.1. The van der Waals surface area contributed by atoms with Gasteiger partial charge in [-0.2, -0.15) is 0 Å². The lowest BCUT2D eigenvalue weighted by atomic mass is 10.0. The van der Waals surface area contributed by atoms with Crippen molar-refractivity contribution in [1.29, 1.82) is 0 Å². The monoisotopic (exact) mass is 242 g/mol. The van der Waals surface area contributed by atoms with Crippen LogP contribution in [0.3, 0.4) is 0 Å². The molecule has 4 unspecified atom stereocenters. The highest BCUT2D eigenvalue weighted by Gasteiger charge is 2.31. The van der Waals surface area contributed by atoms with Crippen LogP contribution in [0.4, 0.5) is 0 Å². The molecule has 2 rings (SSSR count). The Hall–Kier alpha value is -0.160. The Kier molecular flexibility index (Phi) is 4.79. The summed E-state index contributed by atoms with van der Waals surface area (Å²) in [6, 6.07) is 0.681. The lowest BCUT2D eigenvalue weighted by Crippen LogP contribution is -2.50.